The first kappa shape index (κ1) is 13.5. The maximum atomic E-state index is 13.8. The first-order valence-electron chi connectivity index (χ1n) is 6.30. The Labute approximate surface area is 107 Å². The summed E-state index contributed by atoms with van der Waals surface area (Å²) in [6.07, 6.45) is 1.27. The van der Waals surface area contributed by atoms with Crippen LogP contribution in [0.4, 0.5) is 4.39 Å². The van der Waals surface area contributed by atoms with Crippen LogP contribution in [0.2, 0.25) is 0 Å². The highest BCUT2D eigenvalue weighted by atomic mass is 19.1. The zero-order valence-corrected chi connectivity index (χ0v) is 10.8. The zero-order valence-electron chi connectivity index (χ0n) is 10.8. The van der Waals surface area contributed by atoms with Crippen LogP contribution < -0.4 is 5.46 Å². The average Bonchev–Trinajstić information content (AvgIpc) is 2.96. The van der Waals surface area contributed by atoms with Crippen LogP contribution in [0.25, 0.3) is 0 Å². The highest BCUT2D eigenvalue weighted by molar-refractivity contribution is 6.58. The lowest BCUT2D eigenvalue weighted by atomic mass is 9.80. The van der Waals surface area contributed by atoms with Crippen molar-refractivity contribution in [2.45, 2.75) is 19.9 Å². The highest BCUT2D eigenvalue weighted by Crippen LogP contribution is 2.38. The van der Waals surface area contributed by atoms with E-state index in [0.717, 1.165) is 18.4 Å². The number of halogens is 1. The van der Waals surface area contributed by atoms with Gasteiger partial charge in [0.2, 0.25) is 0 Å². The SMILES string of the molecule is CC1CC1CN(C)Cc1ccc(B(O)O)cc1F. The summed E-state index contributed by atoms with van der Waals surface area (Å²) in [5, 5.41) is 17.9. The van der Waals surface area contributed by atoms with Gasteiger partial charge in [0.25, 0.3) is 0 Å². The van der Waals surface area contributed by atoms with Crippen molar-refractivity contribution in [1.29, 1.82) is 0 Å². The molecule has 1 aromatic carbocycles. The van der Waals surface area contributed by atoms with Crippen LogP contribution in [0.15, 0.2) is 18.2 Å². The number of rotatable bonds is 5. The molecule has 2 unspecified atom stereocenters. The van der Waals surface area contributed by atoms with E-state index in [1.54, 1.807) is 12.1 Å². The summed E-state index contributed by atoms with van der Waals surface area (Å²) in [5.74, 6) is 1.16. The van der Waals surface area contributed by atoms with Gasteiger partial charge in [0, 0.05) is 18.7 Å². The van der Waals surface area contributed by atoms with E-state index in [-0.39, 0.29) is 11.3 Å². The van der Waals surface area contributed by atoms with E-state index in [2.05, 4.69) is 11.8 Å². The molecule has 0 aromatic heterocycles. The van der Waals surface area contributed by atoms with Gasteiger partial charge in [-0.15, -0.1) is 0 Å². The number of hydrogen-bond acceptors (Lipinski definition) is 3. The third-order valence-electron chi connectivity index (χ3n) is 3.64. The lowest BCUT2D eigenvalue weighted by Gasteiger charge is -2.17. The molecule has 1 aliphatic carbocycles. The molecule has 1 aromatic rings. The fourth-order valence-electron chi connectivity index (χ4n) is 2.26. The molecule has 1 aliphatic rings. The summed E-state index contributed by atoms with van der Waals surface area (Å²) >= 11 is 0. The molecule has 3 nitrogen and oxygen atoms in total. The second-order valence-corrected chi connectivity index (χ2v) is 5.39. The molecule has 2 atom stereocenters. The van der Waals surface area contributed by atoms with E-state index in [0.29, 0.717) is 12.1 Å². The second kappa shape index (κ2) is 5.39. The van der Waals surface area contributed by atoms with Gasteiger partial charge >= 0.3 is 7.12 Å². The molecule has 0 radical (unpaired) electrons. The van der Waals surface area contributed by atoms with Gasteiger partial charge < -0.3 is 14.9 Å². The monoisotopic (exact) mass is 251 g/mol. The molecule has 0 amide bonds. The summed E-state index contributed by atoms with van der Waals surface area (Å²) in [4.78, 5) is 2.11. The fourth-order valence-corrected chi connectivity index (χ4v) is 2.26. The summed E-state index contributed by atoms with van der Waals surface area (Å²) in [6, 6.07) is 4.36. The Morgan fingerprint density at radius 3 is 2.61 bits per heavy atom. The molecule has 2 rings (SSSR count). The van der Waals surface area contributed by atoms with Gasteiger partial charge in [0.15, 0.2) is 0 Å². The van der Waals surface area contributed by atoms with E-state index < -0.39 is 7.12 Å². The van der Waals surface area contributed by atoms with Crippen molar-refractivity contribution in [2.24, 2.45) is 11.8 Å². The van der Waals surface area contributed by atoms with Gasteiger partial charge in [0.1, 0.15) is 5.82 Å². The molecule has 0 heterocycles. The van der Waals surface area contributed by atoms with Gasteiger partial charge in [-0.25, -0.2) is 4.39 Å². The predicted octanol–water partition coefficient (Wildman–Crippen LogP) is 0.593. The standard InChI is InChI=1S/C13H19BFNO2/c1-9-5-11(9)8-16(2)7-10-3-4-12(14(17)18)6-13(10)15/h3-4,6,9,11,17-18H,5,7-8H2,1-2H3. The molecule has 0 aliphatic heterocycles. The van der Waals surface area contributed by atoms with Crippen LogP contribution in [-0.4, -0.2) is 35.7 Å². The summed E-state index contributed by atoms with van der Waals surface area (Å²) in [5.41, 5.74) is 0.782. The van der Waals surface area contributed by atoms with Crippen molar-refractivity contribution in [1.82, 2.24) is 4.90 Å². The summed E-state index contributed by atoms with van der Waals surface area (Å²) in [6.45, 7) is 3.78. The van der Waals surface area contributed by atoms with Crippen molar-refractivity contribution >= 4 is 12.6 Å². The molecule has 1 saturated carbocycles. The molecule has 2 N–H and O–H groups in total. The van der Waals surface area contributed by atoms with Gasteiger partial charge in [-0.05, 0) is 36.8 Å². The molecule has 98 valence electrons. The number of benzene rings is 1. The maximum absolute atomic E-state index is 13.8. The Morgan fingerprint density at radius 2 is 2.11 bits per heavy atom. The quantitative estimate of drug-likeness (QED) is 0.753. The van der Waals surface area contributed by atoms with Crippen LogP contribution in [0.1, 0.15) is 18.9 Å². The Kier molecular flexibility index (Phi) is 4.05. The minimum atomic E-state index is -1.61. The largest absolute Gasteiger partial charge is 0.488 e. The zero-order chi connectivity index (χ0) is 13.3. The molecular formula is C13H19BFNO2. The van der Waals surface area contributed by atoms with E-state index in [9.17, 15) is 4.39 Å². The van der Waals surface area contributed by atoms with Crippen molar-refractivity contribution in [3.8, 4) is 0 Å². The lowest BCUT2D eigenvalue weighted by molar-refractivity contribution is 0.303. The molecule has 5 heteroatoms. The van der Waals surface area contributed by atoms with Crippen LogP contribution in [0, 0.1) is 17.7 Å². The van der Waals surface area contributed by atoms with E-state index in [1.807, 2.05) is 7.05 Å². The Bertz CT molecular complexity index is 427. The minimum absolute atomic E-state index is 0.190. The number of hydrogen-bond donors (Lipinski definition) is 2. The molecular weight excluding hydrogens is 232 g/mol. The van der Waals surface area contributed by atoms with Crippen molar-refractivity contribution in [3.05, 3.63) is 29.6 Å². The maximum Gasteiger partial charge on any atom is 0.488 e. The third kappa shape index (κ3) is 3.31. The van der Waals surface area contributed by atoms with Gasteiger partial charge in [-0.2, -0.15) is 0 Å². The third-order valence-corrected chi connectivity index (χ3v) is 3.64. The summed E-state index contributed by atoms with van der Waals surface area (Å²) in [7, 11) is 0.373. The molecule has 0 saturated heterocycles. The lowest BCUT2D eigenvalue weighted by Crippen LogP contribution is -2.30. The van der Waals surface area contributed by atoms with Crippen LogP contribution in [0.3, 0.4) is 0 Å². The van der Waals surface area contributed by atoms with Crippen LogP contribution in [-0.2, 0) is 6.54 Å². The van der Waals surface area contributed by atoms with E-state index in [1.165, 1.54) is 12.5 Å². The predicted molar refractivity (Wildman–Crippen MR) is 69.8 cm³/mol. The Balaban J connectivity index is 1.96. The Morgan fingerprint density at radius 1 is 1.44 bits per heavy atom. The Hall–Kier alpha value is -0.905. The van der Waals surface area contributed by atoms with Gasteiger partial charge in [-0.3, -0.25) is 0 Å². The van der Waals surface area contributed by atoms with Crippen molar-refractivity contribution in [2.75, 3.05) is 13.6 Å². The first-order valence-corrected chi connectivity index (χ1v) is 6.30. The van der Waals surface area contributed by atoms with Gasteiger partial charge in [0.05, 0.1) is 0 Å². The first-order chi connectivity index (χ1) is 8.47. The van der Waals surface area contributed by atoms with Crippen molar-refractivity contribution in [3.63, 3.8) is 0 Å². The second-order valence-electron chi connectivity index (χ2n) is 5.39. The number of nitrogens with zero attached hydrogens (tertiary/aromatic N) is 1. The molecule has 1 fully saturated rings. The average molecular weight is 251 g/mol. The van der Waals surface area contributed by atoms with E-state index >= 15 is 0 Å². The molecule has 18 heavy (non-hydrogen) atoms. The molecule has 0 spiro atoms. The van der Waals surface area contributed by atoms with Crippen LogP contribution in [0.5, 0.6) is 0 Å². The van der Waals surface area contributed by atoms with E-state index in [4.69, 9.17) is 10.0 Å². The van der Waals surface area contributed by atoms with Gasteiger partial charge in [-0.1, -0.05) is 19.1 Å². The molecule has 0 bridgehead atoms. The minimum Gasteiger partial charge on any atom is -0.423 e. The normalized spacial score (nSPS) is 22.3. The topological polar surface area (TPSA) is 43.7 Å². The smallest absolute Gasteiger partial charge is 0.423 e. The summed E-state index contributed by atoms with van der Waals surface area (Å²) < 4.78 is 13.8. The van der Waals surface area contributed by atoms with Crippen LogP contribution >= 0.6 is 0 Å². The fraction of sp³-hybridized carbons (Fsp3) is 0.538. The van der Waals surface area contributed by atoms with Crippen molar-refractivity contribution < 1.29 is 14.4 Å². The highest BCUT2D eigenvalue weighted by Gasteiger charge is 2.33.